The third-order valence-electron chi connectivity index (χ3n) is 5.96. The van der Waals surface area contributed by atoms with E-state index in [4.69, 9.17) is 0 Å². The Morgan fingerprint density at radius 1 is 0.852 bits per heavy atom. The Kier molecular flexibility index (Phi) is 5.20. The van der Waals surface area contributed by atoms with Gasteiger partial charge in [0.2, 0.25) is 0 Å². The van der Waals surface area contributed by atoms with Crippen molar-refractivity contribution in [2.24, 2.45) is 23.2 Å². The maximum Gasteiger partial charge on any atom is 0.153 e. The van der Waals surface area contributed by atoms with Gasteiger partial charge in [-0.15, -0.1) is 0 Å². The molecule has 0 radical (unpaired) electrons. The van der Waals surface area contributed by atoms with E-state index < -0.39 is 5.41 Å². The average Bonchev–Trinajstić information content (AvgIpc) is 2.69. The summed E-state index contributed by atoms with van der Waals surface area (Å²) >= 11 is 0. The summed E-state index contributed by atoms with van der Waals surface area (Å²) in [7, 11) is 0. The van der Waals surface area contributed by atoms with Gasteiger partial charge in [0.1, 0.15) is 0 Å². The van der Waals surface area contributed by atoms with Crippen LogP contribution < -0.4 is 0 Å². The molecule has 0 saturated heterocycles. The highest BCUT2D eigenvalue weighted by Gasteiger charge is 2.49. The Morgan fingerprint density at radius 3 is 2.00 bits per heavy atom. The summed E-state index contributed by atoms with van der Waals surface area (Å²) in [5.41, 5.74) is 3.59. The number of nitriles is 2. The molecule has 0 amide bonds. The van der Waals surface area contributed by atoms with E-state index in [1.54, 1.807) is 0 Å². The van der Waals surface area contributed by atoms with Crippen LogP contribution in [0.3, 0.4) is 0 Å². The van der Waals surface area contributed by atoms with Crippen molar-refractivity contribution in [3.05, 3.63) is 77.4 Å². The number of hydrogen-bond acceptors (Lipinski definition) is 2. The molecule has 0 spiro atoms. The minimum Gasteiger partial charge on any atom is -0.197 e. The summed E-state index contributed by atoms with van der Waals surface area (Å²) in [5.74, 6) is 0.244. The summed E-state index contributed by atoms with van der Waals surface area (Å²) in [6, 6.07) is 23.5. The van der Waals surface area contributed by atoms with Crippen LogP contribution in [0.4, 0.5) is 0 Å². The Morgan fingerprint density at radius 2 is 1.44 bits per heavy atom. The van der Waals surface area contributed by atoms with Crippen LogP contribution in [-0.2, 0) is 0 Å². The highest BCUT2D eigenvalue weighted by atomic mass is 14.5. The van der Waals surface area contributed by atoms with Crippen LogP contribution in [0.5, 0.6) is 0 Å². The molecule has 2 heteroatoms. The van der Waals surface area contributed by atoms with Gasteiger partial charge in [-0.2, -0.15) is 10.5 Å². The molecule has 3 rings (SSSR count). The maximum absolute atomic E-state index is 10.1. The predicted molar refractivity (Wildman–Crippen MR) is 110 cm³/mol. The highest BCUT2D eigenvalue weighted by Crippen LogP contribution is 2.53. The lowest BCUT2D eigenvalue weighted by molar-refractivity contribution is 0.220. The Labute approximate surface area is 162 Å². The molecule has 0 fully saturated rings. The van der Waals surface area contributed by atoms with E-state index in [1.165, 1.54) is 11.1 Å². The molecule has 2 aromatic rings. The third-order valence-corrected chi connectivity index (χ3v) is 5.96. The van der Waals surface area contributed by atoms with E-state index in [0.717, 1.165) is 11.1 Å². The highest BCUT2D eigenvalue weighted by molar-refractivity contribution is 5.83. The minimum absolute atomic E-state index is 0.0570. The first-order valence-corrected chi connectivity index (χ1v) is 9.65. The number of benzene rings is 2. The maximum atomic E-state index is 10.1. The van der Waals surface area contributed by atoms with Crippen molar-refractivity contribution in [2.75, 3.05) is 0 Å². The molecular formula is C25H26N2. The number of fused-ring (bicyclic) bond motifs is 1. The van der Waals surface area contributed by atoms with Crippen molar-refractivity contribution >= 4 is 5.57 Å². The third kappa shape index (κ3) is 3.07. The van der Waals surface area contributed by atoms with Gasteiger partial charge in [-0.05, 0) is 40.0 Å². The van der Waals surface area contributed by atoms with E-state index in [0.29, 0.717) is 5.92 Å². The summed E-state index contributed by atoms with van der Waals surface area (Å²) in [4.78, 5) is 0. The van der Waals surface area contributed by atoms with E-state index in [-0.39, 0.29) is 17.8 Å². The van der Waals surface area contributed by atoms with Crippen molar-refractivity contribution in [2.45, 2.75) is 33.6 Å². The van der Waals surface area contributed by atoms with Crippen LogP contribution in [0, 0.1) is 45.8 Å². The standard InChI is InChI=1S/C25H26N2/c1-17(2)22-14-23(19-10-6-5-7-11-19)20-12-8-9-13-21(20)24(22)25(15-26,16-27)18(3)4/h5-14,17-18,22,24H,1-4H3/t22-,24?/m0/s1. The molecule has 136 valence electrons. The van der Waals surface area contributed by atoms with E-state index in [1.807, 2.05) is 32.0 Å². The molecule has 27 heavy (non-hydrogen) atoms. The monoisotopic (exact) mass is 354 g/mol. The molecule has 0 N–H and O–H groups in total. The topological polar surface area (TPSA) is 47.6 Å². The van der Waals surface area contributed by atoms with Gasteiger partial charge in [0.25, 0.3) is 0 Å². The second-order valence-corrected chi connectivity index (χ2v) is 8.08. The summed E-state index contributed by atoms with van der Waals surface area (Å²) in [6.45, 7) is 8.35. The number of allylic oxidation sites excluding steroid dienone is 1. The quantitative estimate of drug-likeness (QED) is 0.658. The van der Waals surface area contributed by atoms with Crippen LogP contribution in [-0.4, -0.2) is 0 Å². The van der Waals surface area contributed by atoms with Crippen molar-refractivity contribution in [3.63, 3.8) is 0 Å². The lowest BCUT2D eigenvalue weighted by atomic mass is 9.57. The number of rotatable bonds is 4. The Hall–Kier alpha value is -2.84. The zero-order valence-corrected chi connectivity index (χ0v) is 16.5. The molecule has 0 heterocycles. The molecule has 0 bridgehead atoms. The molecule has 2 aromatic carbocycles. The molecule has 1 aliphatic carbocycles. The van der Waals surface area contributed by atoms with Gasteiger partial charge in [0.05, 0.1) is 12.1 Å². The zero-order chi connectivity index (χ0) is 19.6. The van der Waals surface area contributed by atoms with Crippen molar-refractivity contribution in [1.29, 1.82) is 10.5 Å². The van der Waals surface area contributed by atoms with Crippen LogP contribution >= 0.6 is 0 Å². The normalized spacial score (nSPS) is 19.2. The Balaban J connectivity index is 2.31. The molecule has 2 atom stereocenters. The van der Waals surface area contributed by atoms with Gasteiger partial charge < -0.3 is 0 Å². The number of hydrogen-bond donors (Lipinski definition) is 0. The van der Waals surface area contributed by atoms with E-state index in [2.05, 4.69) is 68.5 Å². The first-order chi connectivity index (χ1) is 13.0. The van der Waals surface area contributed by atoms with Crippen molar-refractivity contribution < 1.29 is 0 Å². The first kappa shape index (κ1) is 18.9. The van der Waals surface area contributed by atoms with Crippen LogP contribution in [0.15, 0.2) is 60.7 Å². The second-order valence-electron chi connectivity index (χ2n) is 8.08. The SMILES string of the molecule is CC(C)[C@@H]1C=C(c2ccccc2)c2ccccc2C1C(C#N)(C#N)C(C)C. The molecule has 1 aliphatic rings. The van der Waals surface area contributed by atoms with Crippen molar-refractivity contribution in [1.82, 2.24) is 0 Å². The second kappa shape index (κ2) is 7.42. The molecule has 0 aliphatic heterocycles. The molecule has 2 nitrogen and oxygen atoms in total. The number of nitrogens with zero attached hydrogens (tertiary/aromatic N) is 2. The van der Waals surface area contributed by atoms with Gasteiger partial charge in [-0.1, -0.05) is 88.4 Å². The molecule has 1 unspecified atom stereocenters. The zero-order valence-electron chi connectivity index (χ0n) is 16.5. The van der Waals surface area contributed by atoms with E-state index in [9.17, 15) is 10.5 Å². The van der Waals surface area contributed by atoms with Crippen LogP contribution in [0.1, 0.15) is 50.3 Å². The van der Waals surface area contributed by atoms with Crippen molar-refractivity contribution in [3.8, 4) is 12.1 Å². The molecular weight excluding hydrogens is 328 g/mol. The van der Waals surface area contributed by atoms with Crippen LogP contribution in [0.25, 0.3) is 5.57 Å². The largest absolute Gasteiger partial charge is 0.197 e. The fourth-order valence-corrected chi connectivity index (χ4v) is 4.38. The van der Waals surface area contributed by atoms with Gasteiger partial charge >= 0.3 is 0 Å². The lowest BCUT2D eigenvalue weighted by Gasteiger charge is -2.42. The minimum atomic E-state index is -1.05. The van der Waals surface area contributed by atoms with Gasteiger partial charge in [-0.25, -0.2) is 0 Å². The van der Waals surface area contributed by atoms with E-state index >= 15 is 0 Å². The Bertz CT molecular complexity index is 909. The fraction of sp³-hybridized carbons (Fsp3) is 0.360. The van der Waals surface area contributed by atoms with Crippen LogP contribution in [0.2, 0.25) is 0 Å². The fourth-order valence-electron chi connectivity index (χ4n) is 4.38. The smallest absolute Gasteiger partial charge is 0.153 e. The van der Waals surface area contributed by atoms with Gasteiger partial charge in [0, 0.05) is 5.92 Å². The van der Waals surface area contributed by atoms with Gasteiger partial charge in [0.15, 0.2) is 5.41 Å². The predicted octanol–water partition coefficient (Wildman–Crippen LogP) is 6.18. The summed E-state index contributed by atoms with van der Waals surface area (Å²) < 4.78 is 0. The molecule has 0 saturated carbocycles. The first-order valence-electron chi connectivity index (χ1n) is 9.65. The summed E-state index contributed by atoms with van der Waals surface area (Å²) in [6.07, 6.45) is 2.30. The van der Waals surface area contributed by atoms with Gasteiger partial charge in [-0.3, -0.25) is 0 Å². The lowest BCUT2D eigenvalue weighted by Crippen LogP contribution is -2.39. The average molecular weight is 354 g/mol. The summed E-state index contributed by atoms with van der Waals surface area (Å²) in [5, 5.41) is 20.2. The molecule has 0 aromatic heterocycles.